The van der Waals surface area contributed by atoms with Crippen molar-refractivity contribution in [1.82, 2.24) is 19.9 Å². The highest BCUT2D eigenvalue weighted by Crippen LogP contribution is 2.40. The van der Waals surface area contributed by atoms with Crippen molar-refractivity contribution >= 4 is 34.6 Å². The van der Waals surface area contributed by atoms with Crippen LogP contribution in [0.15, 0.2) is 55.5 Å². The minimum Gasteiger partial charge on any atom is -0.494 e. The molecule has 1 saturated heterocycles. The van der Waals surface area contributed by atoms with Crippen molar-refractivity contribution in [3.8, 4) is 5.75 Å². The van der Waals surface area contributed by atoms with E-state index in [0.717, 1.165) is 36.5 Å². The fraction of sp³-hybridized carbons (Fsp3) is 0.379. The molecule has 1 aromatic carbocycles. The Morgan fingerprint density at radius 2 is 2.02 bits per heavy atom. The minimum absolute atomic E-state index is 0.0107. The highest BCUT2D eigenvalue weighted by atomic mass is 16.5. The van der Waals surface area contributed by atoms with E-state index in [-0.39, 0.29) is 18.6 Å². The summed E-state index contributed by atoms with van der Waals surface area (Å²) in [7, 11) is 5.77. The van der Waals surface area contributed by atoms with Gasteiger partial charge in [-0.3, -0.25) is 9.78 Å². The summed E-state index contributed by atoms with van der Waals surface area (Å²) in [5.41, 5.74) is 4.03. The van der Waals surface area contributed by atoms with Crippen molar-refractivity contribution in [2.45, 2.75) is 31.8 Å². The third-order valence-electron chi connectivity index (χ3n) is 7.00. The Kier molecular flexibility index (Phi) is 9.52. The number of aromatic nitrogens is 3. The molecule has 3 aromatic rings. The van der Waals surface area contributed by atoms with Gasteiger partial charge in [-0.15, -0.1) is 0 Å². The summed E-state index contributed by atoms with van der Waals surface area (Å²) in [4.78, 5) is 29.9. The Morgan fingerprint density at radius 1 is 1.23 bits per heavy atom. The van der Waals surface area contributed by atoms with E-state index in [1.165, 1.54) is 12.4 Å². The van der Waals surface area contributed by atoms with Gasteiger partial charge in [0.25, 0.3) is 0 Å². The number of carbonyl (C=O) groups is 1. The Hall–Kier alpha value is -4.22. The van der Waals surface area contributed by atoms with E-state index < -0.39 is 0 Å². The molecule has 11 heteroatoms. The summed E-state index contributed by atoms with van der Waals surface area (Å²) in [6.45, 7) is 7.25. The molecule has 4 N–H and O–H groups in total. The van der Waals surface area contributed by atoms with E-state index in [1.807, 2.05) is 31.2 Å². The molecule has 11 nitrogen and oxygen atoms in total. The molecule has 0 saturated carbocycles. The van der Waals surface area contributed by atoms with Crippen molar-refractivity contribution in [1.29, 1.82) is 0 Å². The van der Waals surface area contributed by atoms with Gasteiger partial charge in [-0.05, 0) is 57.6 Å². The van der Waals surface area contributed by atoms with Gasteiger partial charge in [0.05, 0.1) is 30.2 Å². The highest BCUT2D eigenvalue weighted by Gasteiger charge is 2.27. The Balaban J connectivity index is 1.61. The molecular formula is C29H38N8O3. The van der Waals surface area contributed by atoms with Crippen molar-refractivity contribution in [3.05, 3.63) is 66.8 Å². The van der Waals surface area contributed by atoms with Crippen LogP contribution in [0.2, 0.25) is 0 Å². The third-order valence-corrected chi connectivity index (χ3v) is 7.00. The molecule has 3 heterocycles. The SMILES string of the molecule is C=CC(=O)Nc1cc(Nc2cc(N[C@H](CCO)c3ccc(C)nc3)ncn2)c(OC)cc1N1CC[C@H](N(C)C)C1. The quantitative estimate of drug-likeness (QED) is 0.250. The van der Waals surface area contributed by atoms with Crippen molar-refractivity contribution in [2.24, 2.45) is 0 Å². The molecular weight excluding hydrogens is 508 g/mol. The van der Waals surface area contributed by atoms with Crippen LogP contribution in [-0.4, -0.2) is 77.8 Å². The summed E-state index contributed by atoms with van der Waals surface area (Å²) >= 11 is 0. The van der Waals surface area contributed by atoms with Gasteiger partial charge in [-0.2, -0.15) is 0 Å². The van der Waals surface area contributed by atoms with Crippen LogP contribution in [0.5, 0.6) is 5.75 Å². The molecule has 40 heavy (non-hydrogen) atoms. The second-order valence-electron chi connectivity index (χ2n) is 9.97. The number of likely N-dealkylation sites (N-methyl/N-ethyl adjacent to an activating group) is 1. The fourth-order valence-electron chi connectivity index (χ4n) is 4.72. The first kappa shape index (κ1) is 28.8. The van der Waals surface area contributed by atoms with E-state index in [0.29, 0.717) is 41.2 Å². The number of carbonyl (C=O) groups excluding carboxylic acids is 1. The molecule has 1 amide bonds. The molecule has 0 bridgehead atoms. The van der Waals surface area contributed by atoms with Crippen LogP contribution < -0.4 is 25.6 Å². The van der Waals surface area contributed by atoms with Crippen molar-refractivity contribution < 1.29 is 14.6 Å². The molecule has 0 unspecified atom stereocenters. The van der Waals surface area contributed by atoms with Crippen LogP contribution in [-0.2, 0) is 4.79 Å². The summed E-state index contributed by atoms with van der Waals surface area (Å²) in [6.07, 6.45) is 6.03. The molecule has 1 fully saturated rings. The zero-order valence-corrected chi connectivity index (χ0v) is 23.5. The number of hydrogen-bond acceptors (Lipinski definition) is 10. The smallest absolute Gasteiger partial charge is 0.247 e. The minimum atomic E-state index is -0.297. The average Bonchev–Trinajstić information content (AvgIpc) is 3.44. The van der Waals surface area contributed by atoms with Crippen molar-refractivity contribution in [2.75, 3.05) is 61.8 Å². The standard InChI is InChI=1S/C29H38N8O3/c1-6-29(39)35-23-13-24(26(40-5)14-25(23)37-11-9-21(17-37)36(3)4)34-28-15-27(31-18-32-28)33-22(10-12-38)20-8-7-19(2)30-16-20/h6-8,13-16,18,21-22,38H,1,9-12,17H2,2-5H3,(H,35,39)(H2,31,32,33,34)/t21-,22+/m0/s1. The largest absolute Gasteiger partial charge is 0.494 e. The zero-order valence-electron chi connectivity index (χ0n) is 23.5. The van der Waals surface area contributed by atoms with Gasteiger partial charge in [0, 0.05) is 49.8 Å². The second kappa shape index (κ2) is 13.2. The number of anilines is 5. The van der Waals surface area contributed by atoms with Crippen LogP contribution in [0, 0.1) is 6.92 Å². The number of pyridine rings is 1. The number of aliphatic hydroxyl groups is 1. The monoisotopic (exact) mass is 546 g/mol. The Labute approximate surface area is 235 Å². The second-order valence-corrected chi connectivity index (χ2v) is 9.97. The van der Waals surface area contributed by atoms with E-state index in [1.54, 1.807) is 19.4 Å². The predicted molar refractivity (Wildman–Crippen MR) is 158 cm³/mol. The van der Waals surface area contributed by atoms with E-state index in [2.05, 4.69) is 61.4 Å². The Morgan fingerprint density at radius 3 is 2.67 bits per heavy atom. The van der Waals surface area contributed by atoms with Gasteiger partial charge in [0.2, 0.25) is 5.91 Å². The number of rotatable bonds is 12. The van der Waals surface area contributed by atoms with Crippen LogP contribution in [0.1, 0.15) is 30.1 Å². The molecule has 1 aliphatic rings. The molecule has 2 aromatic heterocycles. The van der Waals surface area contributed by atoms with Gasteiger partial charge in [-0.1, -0.05) is 12.6 Å². The number of amides is 1. The van der Waals surface area contributed by atoms with Gasteiger partial charge in [0.15, 0.2) is 0 Å². The number of nitrogens with one attached hydrogen (secondary N) is 3. The first-order valence-corrected chi connectivity index (χ1v) is 13.3. The van der Waals surface area contributed by atoms with E-state index in [9.17, 15) is 9.90 Å². The normalized spacial score (nSPS) is 15.6. The number of aryl methyl sites for hydroxylation is 1. The van der Waals surface area contributed by atoms with Crippen LogP contribution >= 0.6 is 0 Å². The average molecular weight is 547 g/mol. The van der Waals surface area contributed by atoms with E-state index in [4.69, 9.17) is 4.74 Å². The van der Waals surface area contributed by atoms with Crippen LogP contribution in [0.3, 0.4) is 0 Å². The fourth-order valence-corrected chi connectivity index (χ4v) is 4.72. The van der Waals surface area contributed by atoms with E-state index >= 15 is 0 Å². The van der Waals surface area contributed by atoms with Crippen LogP contribution in [0.4, 0.5) is 28.7 Å². The summed E-state index contributed by atoms with van der Waals surface area (Å²) in [5, 5.41) is 19.3. The topological polar surface area (TPSA) is 128 Å². The molecule has 0 spiro atoms. The first-order chi connectivity index (χ1) is 19.3. The molecule has 0 radical (unpaired) electrons. The van der Waals surface area contributed by atoms with Crippen LogP contribution in [0.25, 0.3) is 0 Å². The lowest BCUT2D eigenvalue weighted by Crippen LogP contribution is -2.31. The number of benzene rings is 1. The number of nitrogens with zero attached hydrogens (tertiary/aromatic N) is 5. The van der Waals surface area contributed by atoms with Gasteiger partial charge in [0.1, 0.15) is 23.7 Å². The maximum absolute atomic E-state index is 12.3. The Bertz CT molecular complexity index is 1320. The highest BCUT2D eigenvalue weighted by molar-refractivity contribution is 6.02. The lowest BCUT2D eigenvalue weighted by Gasteiger charge is -2.25. The molecule has 4 rings (SSSR count). The maximum Gasteiger partial charge on any atom is 0.247 e. The maximum atomic E-state index is 12.3. The zero-order chi connectivity index (χ0) is 28.6. The summed E-state index contributed by atoms with van der Waals surface area (Å²) in [5.74, 6) is 1.42. The predicted octanol–water partition coefficient (Wildman–Crippen LogP) is 3.73. The van der Waals surface area contributed by atoms with Gasteiger partial charge in [-0.25, -0.2) is 9.97 Å². The molecule has 1 aliphatic heterocycles. The molecule has 2 atom stereocenters. The number of methoxy groups -OCH3 is 1. The molecule has 212 valence electrons. The summed E-state index contributed by atoms with van der Waals surface area (Å²) in [6, 6.07) is 9.73. The number of aliphatic hydroxyl groups excluding tert-OH is 1. The first-order valence-electron chi connectivity index (χ1n) is 13.3. The lowest BCUT2D eigenvalue weighted by atomic mass is 10.1. The van der Waals surface area contributed by atoms with Crippen molar-refractivity contribution in [3.63, 3.8) is 0 Å². The molecule has 0 aliphatic carbocycles. The summed E-state index contributed by atoms with van der Waals surface area (Å²) < 4.78 is 5.75. The number of ether oxygens (including phenoxy) is 1. The number of hydrogen-bond donors (Lipinski definition) is 4. The lowest BCUT2D eigenvalue weighted by molar-refractivity contribution is -0.111. The van der Waals surface area contributed by atoms with Gasteiger partial charge < -0.3 is 35.6 Å². The third kappa shape index (κ3) is 7.04. The van der Waals surface area contributed by atoms with Gasteiger partial charge >= 0.3 is 0 Å².